The van der Waals surface area contributed by atoms with Gasteiger partial charge in [-0.15, -0.1) is 0 Å². The SMILES string of the molecule is Cc1cc(C)c(S(=O)(=O)Oc2ccc(C(C)C)c(C)c2)c(C)c1. The molecule has 2 aromatic rings. The van der Waals surface area contributed by atoms with E-state index >= 15 is 0 Å². The summed E-state index contributed by atoms with van der Waals surface area (Å²) in [6, 6.07) is 9.15. The van der Waals surface area contributed by atoms with Crippen molar-refractivity contribution in [1.29, 1.82) is 0 Å². The van der Waals surface area contributed by atoms with Gasteiger partial charge in [-0.05, 0) is 68.0 Å². The smallest absolute Gasteiger partial charge is 0.339 e. The first-order valence-electron chi connectivity index (χ1n) is 7.74. The highest BCUT2D eigenvalue weighted by Gasteiger charge is 2.22. The summed E-state index contributed by atoms with van der Waals surface area (Å²) in [4.78, 5) is 0.258. The van der Waals surface area contributed by atoms with Crippen LogP contribution in [0.25, 0.3) is 0 Å². The maximum absolute atomic E-state index is 12.7. The quantitative estimate of drug-likeness (QED) is 0.755. The first-order chi connectivity index (χ1) is 10.6. The van der Waals surface area contributed by atoms with Gasteiger partial charge < -0.3 is 4.18 Å². The molecular formula is C19H24O3S. The monoisotopic (exact) mass is 332 g/mol. The molecule has 0 unspecified atom stereocenters. The number of aryl methyl sites for hydroxylation is 4. The van der Waals surface area contributed by atoms with E-state index in [1.54, 1.807) is 26.0 Å². The van der Waals surface area contributed by atoms with Crippen LogP contribution < -0.4 is 4.18 Å². The minimum Gasteiger partial charge on any atom is -0.379 e. The fourth-order valence-corrected chi connectivity index (χ4v) is 4.42. The highest BCUT2D eigenvalue weighted by atomic mass is 32.2. The van der Waals surface area contributed by atoms with Crippen LogP contribution in [0, 0.1) is 27.7 Å². The van der Waals surface area contributed by atoms with E-state index in [9.17, 15) is 8.42 Å². The van der Waals surface area contributed by atoms with Crippen LogP contribution in [0.4, 0.5) is 0 Å². The Morgan fingerprint density at radius 2 is 1.43 bits per heavy atom. The second kappa shape index (κ2) is 6.36. The summed E-state index contributed by atoms with van der Waals surface area (Å²) in [5, 5.41) is 0. The minimum absolute atomic E-state index is 0.258. The molecule has 4 heteroatoms. The molecule has 0 spiro atoms. The van der Waals surface area contributed by atoms with Crippen molar-refractivity contribution in [2.45, 2.75) is 52.4 Å². The van der Waals surface area contributed by atoms with Gasteiger partial charge in [0.2, 0.25) is 0 Å². The summed E-state index contributed by atoms with van der Waals surface area (Å²) in [5.41, 5.74) is 4.68. The Morgan fingerprint density at radius 1 is 0.870 bits per heavy atom. The van der Waals surface area contributed by atoms with E-state index in [-0.39, 0.29) is 4.90 Å². The van der Waals surface area contributed by atoms with Crippen LogP contribution in [0.5, 0.6) is 5.75 Å². The predicted molar refractivity (Wildman–Crippen MR) is 93.7 cm³/mol. The zero-order chi connectivity index (χ0) is 17.4. The molecule has 0 atom stereocenters. The van der Waals surface area contributed by atoms with E-state index in [0.29, 0.717) is 22.8 Å². The zero-order valence-corrected chi connectivity index (χ0v) is 15.4. The lowest BCUT2D eigenvalue weighted by molar-refractivity contribution is 0.484. The van der Waals surface area contributed by atoms with E-state index in [1.807, 2.05) is 32.0 Å². The van der Waals surface area contributed by atoms with Crippen LogP contribution in [0.15, 0.2) is 35.2 Å². The van der Waals surface area contributed by atoms with Crippen molar-refractivity contribution >= 4 is 10.1 Å². The summed E-state index contributed by atoms with van der Waals surface area (Å²) < 4.78 is 30.7. The van der Waals surface area contributed by atoms with E-state index < -0.39 is 10.1 Å². The zero-order valence-electron chi connectivity index (χ0n) is 14.6. The summed E-state index contributed by atoms with van der Waals surface area (Å²) in [5.74, 6) is 0.744. The second-order valence-corrected chi connectivity index (χ2v) is 7.92. The van der Waals surface area contributed by atoms with Gasteiger partial charge >= 0.3 is 10.1 Å². The Kier molecular flexibility index (Phi) is 4.85. The highest BCUT2D eigenvalue weighted by Crippen LogP contribution is 2.28. The molecule has 0 aliphatic rings. The minimum atomic E-state index is -3.84. The third kappa shape index (κ3) is 3.75. The molecule has 2 aromatic carbocycles. The fourth-order valence-electron chi connectivity index (χ4n) is 3.08. The molecule has 0 N–H and O–H groups in total. The molecule has 0 aliphatic carbocycles. The number of hydrogen-bond donors (Lipinski definition) is 0. The van der Waals surface area contributed by atoms with Gasteiger partial charge in [0, 0.05) is 0 Å². The van der Waals surface area contributed by atoms with E-state index in [1.165, 1.54) is 5.56 Å². The van der Waals surface area contributed by atoms with Crippen molar-refractivity contribution in [3.63, 3.8) is 0 Å². The number of benzene rings is 2. The van der Waals surface area contributed by atoms with Crippen LogP contribution in [0.3, 0.4) is 0 Å². The van der Waals surface area contributed by atoms with Gasteiger partial charge in [0.15, 0.2) is 0 Å². The molecular weight excluding hydrogens is 308 g/mol. The van der Waals surface area contributed by atoms with Crippen molar-refractivity contribution in [3.8, 4) is 5.75 Å². The summed E-state index contributed by atoms with van der Waals surface area (Å²) in [7, 11) is -3.84. The topological polar surface area (TPSA) is 43.4 Å². The third-order valence-corrected chi connectivity index (χ3v) is 5.48. The maximum atomic E-state index is 12.7. The molecule has 2 rings (SSSR count). The molecule has 0 aromatic heterocycles. The van der Waals surface area contributed by atoms with Gasteiger partial charge in [0.25, 0.3) is 0 Å². The van der Waals surface area contributed by atoms with Crippen molar-refractivity contribution < 1.29 is 12.6 Å². The molecule has 23 heavy (non-hydrogen) atoms. The Hall–Kier alpha value is -1.81. The van der Waals surface area contributed by atoms with Crippen LogP contribution in [-0.2, 0) is 10.1 Å². The van der Waals surface area contributed by atoms with Crippen LogP contribution in [0.2, 0.25) is 0 Å². The Balaban J connectivity index is 2.42. The predicted octanol–water partition coefficient (Wildman–Crippen LogP) is 4.81. The normalized spacial score (nSPS) is 11.8. The molecule has 0 amide bonds. The van der Waals surface area contributed by atoms with Crippen molar-refractivity contribution in [2.75, 3.05) is 0 Å². The largest absolute Gasteiger partial charge is 0.379 e. The maximum Gasteiger partial charge on any atom is 0.339 e. The van der Waals surface area contributed by atoms with Gasteiger partial charge in [-0.3, -0.25) is 0 Å². The second-order valence-electron chi connectivity index (χ2n) is 6.44. The molecule has 3 nitrogen and oxygen atoms in total. The molecule has 0 saturated heterocycles. The fraction of sp³-hybridized carbons (Fsp3) is 0.368. The van der Waals surface area contributed by atoms with Gasteiger partial charge in [-0.25, -0.2) is 0 Å². The Bertz CT molecular complexity index is 811. The van der Waals surface area contributed by atoms with Gasteiger partial charge in [-0.1, -0.05) is 37.6 Å². The summed E-state index contributed by atoms with van der Waals surface area (Å²) in [6.07, 6.45) is 0. The van der Waals surface area contributed by atoms with Crippen LogP contribution in [-0.4, -0.2) is 8.42 Å². The lowest BCUT2D eigenvalue weighted by Gasteiger charge is -2.15. The number of hydrogen-bond acceptors (Lipinski definition) is 3. The van der Waals surface area contributed by atoms with Gasteiger partial charge in [0.05, 0.1) is 0 Å². The summed E-state index contributed by atoms with van der Waals surface area (Å²) in [6.45, 7) is 11.7. The van der Waals surface area contributed by atoms with E-state index in [2.05, 4.69) is 13.8 Å². The Labute approximate surface area is 139 Å². The van der Waals surface area contributed by atoms with Gasteiger partial charge in [0.1, 0.15) is 10.6 Å². The first-order valence-corrected chi connectivity index (χ1v) is 9.15. The standard InChI is InChI=1S/C19H24O3S/c1-12(2)18-8-7-17(11-14(18)4)22-23(20,21)19-15(5)9-13(3)10-16(19)6/h7-12H,1-6H3. The molecule has 0 bridgehead atoms. The summed E-state index contributed by atoms with van der Waals surface area (Å²) >= 11 is 0. The van der Waals surface area contributed by atoms with E-state index in [0.717, 1.165) is 11.1 Å². The Morgan fingerprint density at radius 3 is 1.91 bits per heavy atom. The molecule has 124 valence electrons. The van der Waals surface area contributed by atoms with Crippen LogP contribution in [0.1, 0.15) is 47.6 Å². The lowest BCUT2D eigenvalue weighted by Crippen LogP contribution is -2.13. The molecule has 0 fully saturated rings. The van der Waals surface area contributed by atoms with Crippen molar-refractivity contribution in [1.82, 2.24) is 0 Å². The molecule has 0 radical (unpaired) electrons. The van der Waals surface area contributed by atoms with Gasteiger partial charge in [-0.2, -0.15) is 8.42 Å². The first kappa shape index (κ1) is 17.5. The molecule has 0 aliphatic heterocycles. The van der Waals surface area contributed by atoms with Crippen molar-refractivity contribution in [2.24, 2.45) is 0 Å². The van der Waals surface area contributed by atoms with E-state index in [4.69, 9.17) is 4.18 Å². The van der Waals surface area contributed by atoms with Crippen LogP contribution >= 0.6 is 0 Å². The number of rotatable bonds is 4. The lowest BCUT2D eigenvalue weighted by atomic mass is 9.98. The average Bonchev–Trinajstić information content (AvgIpc) is 2.35. The highest BCUT2D eigenvalue weighted by molar-refractivity contribution is 7.87. The average molecular weight is 332 g/mol. The third-order valence-electron chi connectivity index (χ3n) is 3.92. The van der Waals surface area contributed by atoms with Crippen molar-refractivity contribution in [3.05, 3.63) is 58.1 Å². The molecule has 0 saturated carbocycles. The molecule has 0 heterocycles.